The summed E-state index contributed by atoms with van der Waals surface area (Å²) in [6, 6.07) is 12.8. The maximum absolute atomic E-state index is 12.3. The molecule has 2 aromatic carbocycles. The van der Waals surface area contributed by atoms with E-state index in [1.165, 1.54) is 0 Å². The van der Waals surface area contributed by atoms with Gasteiger partial charge < -0.3 is 15.2 Å². The van der Waals surface area contributed by atoms with Gasteiger partial charge in [0.2, 0.25) is 0 Å². The topological polar surface area (TPSA) is 120 Å². The Balaban J connectivity index is 1.86. The molecule has 0 spiro atoms. The molecule has 0 bridgehead atoms. The number of benzene rings is 2. The first kappa shape index (κ1) is 20.8. The van der Waals surface area contributed by atoms with E-state index in [1.54, 1.807) is 55.5 Å². The number of hydrogen-bond donors (Lipinski definition) is 2. The Hall–Kier alpha value is -3.48. The molecule has 0 fully saturated rings. The number of Topliss-reactive ketones (excluding diaryl/α,β-unsaturated/α-hetero) is 2. The highest BCUT2D eigenvalue weighted by Gasteiger charge is 2.12. The SMILES string of the molecule is CCOC(=O)COc1ccc(C(=O)CCC(=O)c2ccc(C(=N)N)cc2)cc1. The quantitative estimate of drug-likeness (QED) is 0.282. The molecule has 3 N–H and O–H groups in total. The fourth-order valence-corrected chi connectivity index (χ4v) is 2.43. The largest absolute Gasteiger partial charge is 0.482 e. The second-order valence-electron chi connectivity index (χ2n) is 5.96. The Morgan fingerprint density at radius 2 is 1.32 bits per heavy atom. The number of carbonyl (C=O) groups is 3. The van der Waals surface area contributed by atoms with Crippen LogP contribution in [0.4, 0.5) is 0 Å². The zero-order valence-electron chi connectivity index (χ0n) is 15.6. The molecule has 0 aliphatic rings. The number of nitrogens with one attached hydrogen (secondary N) is 1. The van der Waals surface area contributed by atoms with Gasteiger partial charge in [0.25, 0.3) is 0 Å². The minimum absolute atomic E-state index is 0.0659. The number of carbonyl (C=O) groups excluding carboxylic acids is 3. The molecule has 146 valence electrons. The van der Waals surface area contributed by atoms with Crippen LogP contribution in [0.1, 0.15) is 46.0 Å². The molecule has 0 aliphatic carbocycles. The molecule has 0 heterocycles. The zero-order valence-corrected chi connectivity index (χ0v) is 15.6. The van der Waals surface area contributed by atoms with Crippen LogP contribution in [0.5, 0.6) is 5.75 Å². The Bertz CT molecular complexity index is 857. The molecule has 2 rings (SSSR count). The average molecular weight is 382 g/mol. The molecule has 7 heteroatoms. The lowest BCUT2D eigenvalue weighted by atomic mass is 10.0. The number of rotatable bonds is 10. The molecule has 0 amide bonds. The molecule has 0 atom stereocenters. The number of nitrogen functional groups attached to an aromatic ring is 1. The first-order chi connectivity index (χ1) is 13.4. The van der Waals surface area contributed by atoms with Gasteiger partial charge in [-0.05, 0) is 31.2 Å². The monoisotopic (exact) mass is 382 g/mol. The third-order valence-corrected chi connectivity index (χ3v) is 3.94. The van der Waals surface area contributed by atoms with Crippen LogP contribution in [0.25, 0.3) is 0 Å². The van der Waals surface area contributed by atoms with Crippen LogP contribution in [-0.4, -0.2) is 36.6 Å². The number of hydrogen-bond acceptors (Lipinski definition) is 6. The summed E-state index contributed by atoms with van der Waals surface area (Å²) in [4.78, 5) is 35.8. The van der Waals surface area contributed by atoms with Crippen LogP contribution in [0.3, 0.4) is 0 Å². The maximum Gasteiger partial charge on any atom is 0.344 e. The second-order valence-corrected chi connectivity index (χ2v) is 5.96. The molecular formula is C21H22N2O5. The summed E-state index contributed by atoms with van der Waals surface area (Å²) in [6.45, 7) is 1.80. The highest BCUT2D eigenvalue weighted by atomic mass is 16.6. The minimum Gasteiger partial charge on any atom is -0.482 e. The van der Waals surface area contributed by atoms with E-state index in [0.717, 1.165) is 0 Å². The van der Waals surface area contributed by atoms with Gasteiger partial charge in [-0.25, -0.2) is 4.79 Å². The maximum atomic E-state index is 12.3. The zero-order chi connectivity index (χ0) is 20.5. The Morgan fingerprint density at radius 3 is 1.79 bits per heavy atom. The molecule has 7 nitrogen and oxygen atoms in total. The summed E-state index contributed by atoms with van der Waals surface area (Å²) >= 11 is 0. The molecule has 0 saturated carbocycles. The molecule has 0 unspecified atom stereocenters. The van der Waals surface area contributed by atoms with Crippen LogP contribution in [0.2, 0.25) is 0 Å². The lowest BCUT2D eigenvalue weighted by Gasteiger charge is -2.07. The molecule has 2 aromatic rings. The van der Waals surface area contributed by atoms with E-state index in [0.29, 0.717) is 22.4 Å². The van der Waals surface area contributed by atoms with Crippen molar-refractivity contribution in [3.8, 4) is 5.75 Å². The van der Waals surface area contributed by atoms with Crippen molar-refractivity contribution in [2.75, 3.05) is 13.2 Å². The van der Waals surface area contributed by atoms with Crippen molar-refractivity contribution in [1.82, 2.24) is 0 Å². The van der Waals surface area contributed by atoms with Gasteiger partial charge in [0.1, 0.15) is 11.6 Å². The summed E-state index contributed by atoms with van der Waals surface area (Å²) in [6.07, 6.45) is 0.162. The minimum atomic E-state index is -0.461. The van der Waals surface area contributed by atoms with Gasteiger partial charge in [-0.1, -0.05) is 24.3 Å². The van der Waals surface area contributed by atoms with Crippen molar-refractivity contribution >= 4 is 23.4 Å². The van der Waals surface area contributed by atoms with Gasteiger partial charge in [-0.3, -0.25) is 15.0 Å². The van der Waals surface area contributed by atoms with Gasteiger partial charge in [0, 0.05) is 29.5 Å². The van der Waals surface area contributed by atoms with E-state index in [2.05, 4.69) is 0 Å². The molecule has 0 saturated heterocycles. The highest BCUT2D eigenvalue weighted by Crippen LogP contribution is 2.15. The van der Waals surface area contributed by atoms with Crippen LogP contribution in [0.15, 0.2) is 48.5 Å². The normalized spacial score (nSPS) is 10.2. The van der Waals surface area contributed by atoms with Crippen LogP contribution < -0.4 is 10.5 Å². The van der Waals surface area contributed by atoms with E-state index in [9.17, 15) is 14.4 Å². The predicted octanol–water partition coefficient (Wildman–Crippen LogP) is 2.76. The molecule has 0 radical (unpaired) electrons. The van der Waals surface area contributed by atoms with E-state index < -0.39 is 5.97 Å². The van der Waals surface area contributed by atoms with Crippen LogP contribution in [-0.2, 0) is 9.53 Å². The lowest BCUT2D eigenvalue weighted by Crippen LogP contribution is -2.14. The Labute approximate surface area is 163 Å². The number of ether oxygens (including phenoxy) is 2. The van der Waals surface area contributed by atoms with E-state index in [4.69, 9.17) is 20.6 Å². The van der Waals surface area contributed by atoms with Gasteiger partial charge >= 0.3 is 5.97 Å². The van der Waals surface area contributed by atoms with E-state index >= 15 is 0 Å². The highest BCUT2D eigenvalue weighted by molar-refractivity contribution is 6.03. The van der Waals surface area contributed by atoms with Crippen molar-refractivity contribution in [2.45, 2.75) is 19.8 Å². The van der Waals surface area contributed by atoms with E-state index in [-0.39, 0.29) is 43.5 Å². The number of esters is 1. The number of nitrogens with two attached hydrogens (primary N) is 1. The fraction of sp³-hybridized carbons (Fsp3) is 0.238. The Kier molecular flexibility index (Phi) is 7.45. The van der Waals surface area contributed by atoms with Crippen molar-refractivity contribution in [2.24, 2.45) is 5.73 Å². The van der Waals surface area contributed by atoms with Crippen molar-refractivity contribution in [1.29, 1.82) is 5.41 Å². The van der Waals surface area contributed by atoms with Gasteiger partial charge in [0.15, 0.2) is 18.2 Å². The number of amidine groups is 1. The molecule has 0 aromatic heterocycles. The van der Waals surface area contributed by atoms with Crippen LogP contribution >= 0.6 is 0 Å². The van der Waals surface area contributed by atoms with Gasteiger partial charge in [-0.2, -0.15) is 0 Å². The van der Waals surface area contributed by atoms with E-state index in [1.807, 2.05) is 0 Å². The van der Waals surface area contributed by atoms with Gasteiger partial charge in [-0.15, -0.1) is 0 Å². The predicted molar refractivity (Wildman–Crippen MR) is 104 cm³/mol. The van der Waals surface area contributed by atoms with Crippen molar-refractivity contribution < 1.29 is 23.9 Å². The summed E-state index contributed by atoms with van der Waals surface area (Å²) < 4.78 is 10.0. The summed E-state index contributed by atoms with van der Waals surface area (Å²) in [5, 5.41) is 7.34. The first-order valence-electron chi connectivity index (χ1n) is 8.80. The summed E-state index contributed by atoms with van der Waals surface area (Å²) in [5.74, 6) is -0.393. The third-order valence-electron chi connectivity index (χ3n) is 3.94. The standard InChI is InChI=1S/C21H22N2O5/c1-2-27-20(26)13-28-17-9-7-15(8-10-17)19(25)12-11-18(24)14-3-5-16(6-4-14)21(22)23/h3-10H,2,11-13H2,1H3,(H3,22,23). The third kappa shape index (κ3) is 6.05. The van der Waals surface area contributed by atoms with Crippen molar-refractivity contribution in [3.05, 3.63) is 65.2 Å². The molecule has 28 heavy (non-hydrogen) atoms. The smallest absolute Gasteiger partial charge is 0.344 e. The molecule has 0 aliphatic heterocycles. The lowest BCUT2D eigenvalue weighted by molar-refractivity contribution is -0.145. The summed E-state index contributed by atoms with van der Waals surface area (Å²) in [7, 11) is 0. The number of ketones is 2. The summed E-state index contributed by atoms with van der Waals surface area (Å²) in [5.41, 5.74) is 6.86. The first-order valence-corrected chi connectivity index (χ1v) is 8.80. The van der Waals surface area contributed by atoms with Crippen LogP contribution in [0, 0.1) is 5.41 Å². The second kappa shape index (κ2) is 10.0. The average Bonchev–Trinajstić information content (AvgIpc) is 2.71. The molecular weight excluding hydrogens is 360 g/mol. The van der Waals surface area contributed by atoms with Gasteiger partial charge in [0.05, 0.1) is 6.61 Å². The Morgan fingerprint density at radius 1 is 0.857 bits per heavy atom. The van der Waals surface area contributed by atoms with Crippen molar-refractivity contribution in [3.63, 3.8) is 0 Å². The fourth-order valence-electron chi connectivity index (χ4n) is 2.43.